The van der Waals surface area contributed by atoms with Gasteiger partial charge >= 0.3 is 5.97 Å². The van der Waals surface area contributed by atoms with Crippen molar-refractivity contribution in [2.24, 2.45) is 5.92 Å². The SMILES string of the molecule is CC(NC(C(=O)O)C1CC1)c1cccc(-n2cnnn2)c1. The van der Waals surface area contributed by atoms with Crippen LogP contribution >= 0.6 is 0 Å². The van der Waals surface area contributed by atoms with E-state index in [0.29, 0.717) is 0 Å². The summed E-state index contributed by atoms with van der Waals surface area (Å²) in [6.07, 6.45) is 3.50. The molecule has 2 unspecified atom stereocenters. The number of aromatic nitrogens is 4. The third-order valence-corrected chi connectivity index (χ3v) is 3.77. The number of aliphatic carboxylic acids is 1. The molecule has 1 aliphatic carbocycles. The summed E-state index contributed by atoms with van der Waals surface area (Å²) in [7, 11) is 0. The molecule has 21 heavy (non-hydrogen) atoms. The van der Waals surface area contributed by atoms with Gasteiger partial charge in [0, 0.05) is 6.04 Å². The van der Waals surface area contributed by atoms with Crippen LogP contribution in [0.5, 0.6) is 0 Å². The van der Waals surface area contributed by atoms with Crippen molar-refractivity contribution in [1.29, 1.82) is 0 Å². The summed E-state index contributed by atoms with van der Waals surface area (Å²) in [5, 5.41) is 23.6. The smallest absolute Gasteiger partial charge is 0.320 e. The third-order valence-electron chi connectivity index (χ3n) is 3.77. The van der Waals surface area contributed by atoms with E-state index in [9.17, 15) is 9.90 Å². The fourth-order valence-electron chi connectivity index (χ4n) is 2.42. The standard InChI is InChI=1S/C14H17N5O2/c1-9(16-13(14(20)21)10-5-6-10)11-3-2-4-12(7-11)19-8-15-17-18-19/h2-4,7-10,13,16H,5-6H2,1H3,(H,20,21). The van der Waals surface area contributed by atoms with E-state index in [-0.39, 0.29) is 12.0 Å². The van der Waals surface area contributed by atoms with E-state index in [4.69, 9.17) is 0 Å². The second-order valence-electron chi connectivity index (χ2n) is 5.39. The van der Waals surface area contributed by atoms with E-state index in [1.165, 1.54) is 6.33 Å². The van der Waals surface area contributed by atoms with Gasteiger partial charge in [-0.25, -0.2) is 4.68 Å². The van der Waals surface area contributed by atoms with Gasteiger partial charge in [0.05, 0.1) is 5.69 Å². The van der Waals surface area contributed by atoms with Crippen molar-refractivity contribution in [3.05, 3.63) is 36.2 Å². The molecule has 0 spiro atoms. The molecule has 7 heteroatoms. The quantitative estimate of drug-likeness (QED) is 0.828. The van der Waals surface area contributed by atoms with Gasteiger partial charge in [0.2, 0.25) is 0 Å². The second-order valence-corrected chi connectivity index (χ2v) is 5.39. The lowest BCUT2D eigenvalue weighted by molar-refractivity contribution is -0.140. The zero-order chi connectivity index (χ0) is 14.8. The van der Waals surface area contributed by atoms with Crippen molar-refractivity contribution in [3.8, 4) is 5.69 Å². The molecule has 0 aliphatic heterocycles. The summed E-state index contributed by atoms with van der Waals surface area (Å²) in [5.41, 5.74) is 1.86. The van der Waals surface area contributed by atoms with Crippen molar-refractivity contribution in [2.75, 3.05) is 0 Å². The molecule has 3 rings (SSSR count). The Morgan fingerprint density at radius 3 is 2.90 bits per heavy atom. The zero-order valence-corrected chi connectivity index (χ0v) is 11.7. The Hall–Kier alpha value is -2.28. The van der Waals surface area contributed by atoms with Crippen LogP contribution in [0.1, 0.15) is 31.4 Å². The van der Waals surface area contributed by atoms with E-state index in [0.717, 1.165) is 24.1 Å². The molecule has 7 nitrogen and oxygen atoms in total. The van der Waals surface area contributed by atoms with Gasteiger partial charge < -0.3 is 5.11 Å². The Balaban J connectivity index is 1.76. The van der Waals surface area contributed by atoms with Crippen LogP contribution in [0.25, 0.3) is 5.69 Å². The molecular formula is C14H17N5O2. The predicted octanol–water partition coefficient (Wildman–Crippen LogP) is 1.18. The van der Waals surface area contributed by atoms with E-state index >= 15 is 0 Å². The normalized spacial score (nSPS) is 17.4. The van der Waals surface area contributed by atoms with Crippen LogP contribution in [0.3, 0.4) is 0 Å². The number of hydrogen-bond donors (Lipinski definition) is 2. The minimum atomic E-state index is -0.777. The first-order valence-electron chi connectivity index (χ1n) is 6.97. The summed E-state index contributed by atoms with van der Waals surface area (Å²) in [5.74, 6) is -0.520. The molecule has 2 atom stereocenters. The number of benzene rings is 1. The lowest BCUT2D eigenvalue weighted by Crippen LogP contribution is -2.40. The summed E-state index contributed by atoms with van der Waals surface area (Å²) in [4.78, 5) is 11.3. The first kappa shape index (κ1) is 13.7. The van der Waals surface area contributed by atoms with Crippen LogP contribution in [-0.2, 0) is 4.79 Å². The fraction of sp³-hybridized carbons (Fsp3) is 0.429. The number of nitrogens with one attached hydrogen (secondary N) is 1. The first-order chi connectivity index (χ1) is 10.1. The van der Waals surface area contributed by atoms with Crippen molar-refractivity contribution in [1.82, 2.24) is 25.5 Å². The first-order valence-corrected chi connectivity index (χ1v) is 6.97. The maximum Gasteiger partial charge on any atom is 0.320 e. The number of carboxylic acids is 1. The molecule has 1 aromatic carbocycles. The van der Waals surface area contributed by atoms with Crippen LogP contribution in [0.15, 0.2) is 30.6 Å². The monoisotopic (exact) mass is 287 g/mol. The van der Waals surface area contributed by atoms with Gasteiger partial charge in [-0.05, 0) is 53.8 Å². The van der Waals surface area contributed by atoms with Crippen molar-refractivity contribution >= 4 is 5.97 Å². The molecule has 0 radical (unpaired) electrons. The average molecular weight is 287 g/mol. The number of carbonyl (C=O) groups is 1. The molecule has 1 aromatic heterocycles. The Labute approximate surface area is 122 Å². The van der Waals surface area contributed by atoms with Crippen molar-refractivity contribution in [2.45, 2.75) is 31.8 Å². The highest BCUT2D eigenvalue weighted by molar-refractivity contribution is 5.74. The number of rotatable bonds is 6. The van der Waals surface area contributed by atoms with Crippen LogP contribution in [0.2, 0.25) is 0 Å². The molecular weight excluding hydrogens is 270 g/mol. The Kier molecular flexibility index (Phi) is 3.66. The lowest BCUT2D eigenvalue weighted by atomic mass is 10.1. The van der Waals surface area contributed by atoms with Gasteiger partial charge in [0.1, 0.15) is 12.4 Å². The van der Waals surface area contributed by atoms with E-state index in [1.807, 2.05) is 31.2 Å². The Morgan fingerprint density at radius 2 is 2.29 bits per heavy atom. The topological polar surface area (TPSA) is 92.9 Å². The Bertz CT molecular complexity index is 624. The molecule has 1 heterocycles. The van der Waals surface area contributed by atoms with Crippen LogP contribution in [0, 0.1) is 5.92 Å². The van der Waals surface area contributed by atoms with Crippen LogP contribution < -0.4 is 5.32 Å². The minimum Gasteiger partial charge on any atom is -0.480 e. The molecule has 2 N–H and O–H groups in total. The van der Waals surface area contributed by atoms with E-state index in [1.54, 1.807) is 4.68 Å². The summed E-state index contributed by atoms with van der Waals surface area (Å²) in [6.45, 7) is 1.97. The van der Waals surface area contributed by atoms with Gasteiger partial charge in [0.15, 0.2) is 0 Å². The molecule has 0 bridgehead atoms. The average Bonchev–Trinajstić information content (AvgIpc) is 3.17. The second kappa shape index (κ2) is 5.61. The summed E-state index contributed by atoms with van der Waals surface area (Å²) >= 11 is 0. The molecule has 1 aliphatic rings. The van der Waals surface area contributed by atoms with Crippen LogP contribution in [0.4, 0.5) is 0 Å². The molecule has 110 valence electrons. The largest absolute Gasteiger partial charge is 0.480 e. The minimum absolute atomic E-state index is 0.0527. The predicted molar refractivity (Wildman–Crippen MR) is 74.9 cm³/mol. The van der Waals surface area contributed by atoms with Crippen molar-refractivity contribution < 1.29 is 9.90 Å². The fourth-order valence-corrected chi connectivity index (χ4v) is 2.42. The number of nitrogens with zero attached hydrogens (tertiary/aromatic N) is 4. The third kappa shape index (κ3) is 3.08. The highest BCUT2D eigenvalue weighted by atomic mass is 16.4. The lowest BCUT2D eigenvalue weighted by Gasteiger charge is -2.20. The van der Waals surface area contributed by atoms with E-state index < -0.39 is 12.0 Å². The Morgan fingerprint density at radius 1 is 1.48 bits per heavy atom. The maximum atomic E-state index is 11.3. The van der Waals surface area contributed by atoms with Gasteiger partial charge in [-0.15, -0.1) is 5.10 Å². The van der Waals surface area contributed by atoms with Gasteiger partial charge in [-0.3, -0.25) is 10.1 Å². The zero-order valence-electron chi connectivity index (χ0n) is 11.7. The molecule has 0 saturated heterocycles. The van der Waals surface area contributed by atoms with Gasteiger partial charge in [0.25, 0.3) is 0 Å². The molecule has 1 fully saturated rings. The van der Waals surface area contributed by atoms with Crippen molar-refractivity contribution in [3.63, 3.8) is 0 Å². The highest BCUT2D eigenvalue weighted by Gasteiger charge is 2.36. The van der Waals surface area contributed by atoms with Crippen LogP contribution in [-0.4, -0.2) is 37.3 Å². The number of hydrogen-bond acceptors (Lipinski definition) is 5. The maximum absolute atomic E-state index is 11.3. The summed E-state index contributed by atoms with van der Waals surface area (Å²) in [6, 6.07) is 7.22. The summed E-state index contributed by atoms with van der Waals surface area (Å²) < 4.78 is 1.58. The molecule has 0 amide bonds. The highest BCUT2D eigenvalue weighted by Crippen LogP contribution is 2.34. The number of tetrazole rings is 1. The number of carboxylic acid groups (broad SMARTS) is 1. The van der Waals surface area contributed by atoms with Gasteiger partial charge in [-0.2, -0.15) is 0 Å². The molecule has 2 aromatic rings. The van der Waals surface area contributed by atoms with E-state index in [2.05, 4.69) is 20.8 Å². The van der Waals surface area contributed by atoms with Gasteiger partial charge in [-0.1, -0.05) is 12.1 Å². The molecule has 1 saturated carbocycles.